The van der Waals surface area contributed by atoms with Gasteiger partial charge in [0.2, 0.25) is 0 Å². The zero-order valence-corrected chi connectivity index (χ0v) is 15.8. The molecule has 1 unspecified atom stereocenters. The molecule has 0 aliphatic heterocycles. The fourth-order valence-corrected chi connectivity index (χ4v) is 3.21. The largest absolute Gasteiger partial charge is 0.483 e. The van der Waals surface area contributed by atoms with E-state index in [1.807, 2.05) is 97.1 Å². The summed E-state index contributed by atoms with van der Waals surface area (Å²) in [7, 11) is 0. The maximum atomic E-state index is 12.7. The lowest BCUT2D eigenvalue weighted by Gasteiger charge is -2.18. The van der Waals surface area contributed by atoms with E-state index in [4.69, 9.17) is 9.15 Å². The maximum absolute atomic E-state index is 12.7. The Morgan fingerprint density at radius 1 is 0.828 bits per heavy atom. The highest BCUT2D eigenvalue weighted by Gasteiger charge is 2.19. The van der Waals surface area contributed by atoms with E-state index in [9.17, 15) is 4.79 Å². The summed E-state index contributed by atoms with van der Waals surface area (Å²) >= 11 is 0. The van der Waals surface area contributed by atoms with Crippen LogP contribution >= 0.6 is 0 Å². The number of furan rings is 1. The fourth-order valence-electron chi connectivity index (χ4n) is 3.21. The van der Waals surface area contributed by atoms with Gasteiger partial charge in [0.05, 0.1) is 6.26 Å². The van der Waals surface area contributed by atoms with E-state index < -0.39 is 0 Å². The highest BCUT2D eigenvalue weighted by atomic mass is 16.5. The third kappa shape index (κ3) is 4.55. The van der Waals surface area contributed by atoms with Gasteiger partial charge in [-0.05, 0) is 29.3 Å². The monoisotopic (exact) mass is 383 g/mol. The molecule has 29 heavy (non-hydrogen) atoms. The lowest BCUT2D eigenvalue weighted by atomic mass is 10.0. The minimum Gasteiger partial charge on any atom is -0.483 e. The lowest BCUT2D eigenvalue weighted by Crippen LogP contribution is -2.33. The number of benzene rings is 3. The molecule has 4 rings (SSSR count). The predicted molar refractivity (Wildman–Crippen MR) is 113 cm³/mol. The molecule has 3 aromatic carbocycles. The molecule has 4 nitrogen and oxygen atoms in total. The molecule has 0 aliphatic carbocycles. The van der Waals surface area contributed by atoms with Crippen molar-refractivity contribution in [2.24, 2.45) is 0 Å². The van der Waals surface area contributed by atoms with Crippen molar-refractivity contribution in [2.75, 3.05) is 6.61 Å². The highest BCUT2D eigenvalue weighted by Crippen LogP contribution is 2.29. The molecule has 0 bridgehead atoms. The Morgan fingerprint density at radius 2 is 1.52 bits per heavy atom. The summed E-state index contributed by atoms with van der Waals surface area (Å²) in [6, 6.07) is 30.7. The number of amides is 1. The molecule has 1 amide bonds. The number of carbonyl (C=O) groups excluding carboxylic acids is 1. The first-order valence-electron chi connectivity index (χ1n) is 9.46. The molecule has 1 heterocycles. The van der Waals surface area contributed by atoms with Crippen molar-refractivity contribution < 1.29 is 13.9 Å². The van der Waals surface area contributed by atoms with Crippen LogP contribution in [0.3, 0.4) is 0 Å². The number of ether oxygens (including phenoxy) is 1. The van der Waals surface area contributed by atoms with Gasteiger partial charge in [0, 0.05) is 5.56 Å². The van der Waals surface area contributed by atoms with Crippen LogP contribution in [-0.2, 0) is 4.79 Å². The molecule has 1 N–H and O–H groups in total. The van der Waals surface area contributed by atoms with Gasteiger partial charge in [0.25, 0.3) is 5.91 Å². The van der Waals surface area contributed by atoms with Gasteiger partial charge in [-0.25, -0.2) is 0 Å². The van der Waals surface area contributed by atoms with Crippen LogP contribution in [0.2, 0.25) is 0 Å². The lowest BCUT2D eigenvalue weighted by molar-refractivity contribution is -0.123. The molecule has 0 aliphatic rings. The second-order valence-electron chi connectivity index (χ2n) is 6.58. The first kappa shape index (κ1) is 18.6. The van der Waals surface area contributed by atoms with Crippen LogP contribution in [-0.4, -0.2) is 12.5 Å². The van der Waals surface area contributed by atoms with Crippen molar-refractivity contribution in [2.45, 2.75) is 6.04 Å². The Hall–Kier alpha value is -3.79. The quantitative estimate of drug-likeness (QED) is 0.475. The topological polar surface area (TPSA) is 51.5 Å². The van der Waals surface area contributed by atoms with E-state index in [1.165, 1.54) is 0 Å². The smallest absolute Gasteiger partial charge is 0.258 e. The van der Waals surface area contributed by atoms with Crippen LogP contribution < -0.4 is 10.1 Å². The molecule has 0 spiro atoms. The SMILES string of the molecule is O=C(COc1ccccc1-c1ccccc1)NC(c1ccccc1)c1ccco1. The first-order chi connectivity index (χ1) is 14.3. The Balaban J connectivity index is 1.48. The molecular weight excluding hydrogens is 362 g/mol. The Morgan fingerprint density at radius 3 is 2.24 bits per heavy atom. The normalized spacial score (nSPS) is 11.6. The van der Waals surface area contributed by atoms with Crippen LogP contribution in [0.1, 0.15) is 17.4 Å². The molecular formula is C25H21NO3. The van der Waals surface area contributed by atoms with Gasteiger partial charge in [-0.1, -0.05) is 78.9 Å². The number of carbonyl (C=O) groups is 1. The van der Waals surface area contributed by atoms with Crippen LogP contribution in [0, 0.1) is 0 Å². The van der Waals surface area contributed by atoms with Gasteiger partial charge in [-0.3, -0.25) is 4.79 Å². The summed E-state index contributed by atoms with van der Waals surface area (Å²) in [5.74, 6) is 1.12. The minimum absolute atomic E-state index is 0.0894. The van der Waals surface area contributed by atoms with Crippen LogP contribution in [0.5, 0.6) is 5.75 Å². The van der Waals surface area contributed by atoms with E-state index in [0.29, 0.717) is 11.5 Å². The van der Waals surface area contributed by atoms with E-state index in [0.717, 1.165) is 16.7 Å². The second-order valence-corrected chi connectivity index (χ2v) is 6.58. The number of rotatable bonds is 7. The van der Waals surface area contributed by atoms with Gasteiger partial charge in [-0.15, -0.1) is 0 Å². The molecule has 0 saturated carbocycles. The standard InChI is InChI=1S/C25H21NO3/c27-24(26-25(23-16-9-17-28-23)20-12-5-2-6-13-20)18-29-22-15-8-7-14-21(22)19-10-3-1-4-11-19/h1-17,25H,18H2,(H,26,27). The second kappa shape index (κ2) is 8.93. The average Bonchev–Trinajstić information content (AvgIpc) is 3.32. The van der Waals surface area contributed by atoms with Crippen molar-refractivity contribution in [3.05, 3.63) is 115 Å². The molecule has 4 aromatic rings. The maximum Gasteiger partial charge on any atom is 0.258 e. The molecule has 1 aromatic heterocycles. The summed E-state index contributed by atoms with van der Waals surface area (Å²) < 4.78 is 11.4. The van der Waals surface area contributed by atoms with E-state index in [2.05, 4.69) is 5.32 Å². The summed E-state index contributed by atoms with van der Waals surface area (Å²) in [6.45, 7) is -0.0894. The van der Waals surface area contributed by atoms with E-state index >= 15 is 0 Å². The third-order valence-electron chi connectivity index (χ3n) is 4.60. The van der Waals surface area contributed by atoms with Crippen molar-refractivity contribution in [3.63, 3.8) is 0 Å². The highest BCUT2D eigenvalue weighted by molar-refractivity contribution is 5.79. The molecule has 1 atom stereocenters. The predicted octanol–water partition coefficient (Wildman–Crippen LogP) is 5.23. The molecule has 0 radical (unpaired) electrons. The zero-order valence-electron chi connectivity index (χ0n) is 15.8. The van der Waals surface area contributed by atoms with Gasteiger partial charge in [-0.2, -0.15) is 0 Å². The minimum atomic E-state index is -0.369. The van der Waals surface area contributed by atoms with Crippen LogP contribution in [0.15, 0.2) is 108 Å². The van der Waals surface area contributed by atoms with Crippen LogP contribution in [0.25, 0.3) is 11.1 Å². The van der Waals surface area contributed by atoms with Crippen LogP contribution in [0.4, 0.5) is 0 Å². The van der Waals surface area contributed by atoms with Gasteiger partial charge < -0.3 is 14.5 Å². The average molecular weight is 383 g/mol. The van der Waals surface area contributed by atoms with E-state index in [1.54, 1.807) is 6.26 Å². The fraction of sp³-hybridized carbons (Fsp3) is 0.0800. The van der Waals surface area contributed by atoms with Crippen molar-refractivity contribution in [3.8, 4) is 16.9 Å². The number of hydrogen-bond donors (Lipinski definition) is 1. The summed E-state index contributed by atoms with van der Waals surface area (Å²) in [5.41, 5.74) is 2.94. The molecule has 144 valence electrons. The van der Waals surface area contributed by atoms with Crippen molar-refractivity contribution in [1.82, 2.24) is 5.32 Å². The molecule has 4 heteroatoms. The third-order valence-corrected chi connectivity index (χ3v) is 4.60. The van der Waals surface area contributed by atoms with Gasteiger partial charge in [0.1, 0.15) is 17.6 Å². The summed E-state index contributed by atoms with van der Waals surface area (Å²) in [4.78, 5) is 12.7. The Labute approximate surface area is 169 Å². The zero-order chi connectivity index (χ0) is 19.9. The van der Waals surface area contributed by atoms with Crippen molar-refractivity contribution in [1.29, 1.82) is 0 Å². The number of para-hydroxylation sites is 1. The van der Waals surface area contributed by atoms with E-state index in [-0.39, 0.29) is 18.6 Å². The van der Waals surface area contributed by atoms with Crippen molar-refractivity contribution >= 4 is 5.91 Å². The van der Waals surface area contributed by atoms with Gasteiger partial charge >= 0.3 is 0 Å². The Kier molecular flexibility index (Phi) is 5.72. The number of hydrogen-bond acceptors (Lipinski definition) is 3. The Bertz CT molecular complexity index is 1040. The number of nitrogens with one attached hydrogen (secondary N) is 1. The first-order valence-corrected chi connectivity index (χ1v) is 9.46. The summed E-state index contributed by atoms with van der Waals surface area (Å²) in [6.07, 6.45) is 1.60. The molecule has 0 saturated heterocycles. The summed E-state index contributed by atoms with van der Waals surface area (Å²) in [5, 5.41) is 3.01. The molecule has 0 fully saturated rings. The van der Waals surface area contributed by atoms with Gasteiger partial charge in [0.15, 0.2) is 6.61 Å².